The van der Waals surface area contributed by atoms with E-state index in [1.54, 1.807) is 6.92 Å². The summed E-state index contributed by atoms with van der Waals surface area (Å²) in [4.78, 5) is 18.9. The Bertz CT molecular complexity index is 485. The summed E-state index contributed by atoms with van der Waals surface area (Å²) in [6, 6.07) is 0. The van der Waals surface area contributed by atoms with E-state index < -0.39 is 0 Å². The van der Waals surface area contributed by atoms with Gasteiger partial charge in [-0.25, -0.2) is 4.98 Å². The number of rotatable bonds is 0. The Hall–Kier alpha value is -1.23. The molecule has 12 heavy (non-hydrogen) atoms. The van der Waals surface area contributed by atoms with Gasteiger partial charge in [0.25, 0.3) is 5.56 Å². The van der Waals surface area contributed by atoms with Gasteiger partial charge in [0.2, 0.25) is 0 Å². The van der Waals surface area contributed by atoms with Crippen LogP contribution in [-0.2, 0) is 0 Å². The molecule has 5 heteroatoms. The highest BCUT2D eigenvalue weighted by molar-refractivity contribution is 7.12. The largest absolute Gasteiger partial charge is 0.310 e. The van der Waals surface area contributed by atoms with Crippen LogP contribution in [0.1, 0.15) is 11.5 Å². The van der Waals surface area contributed by atoms with Gasteiger partial charge in [0.1, 0.15) is 5.82 Å². The average molecular weight is 181 g/mol. The topological polar surface area (TPSA) is 58.6 Å². The first-order chi connectivity index (χ1) is 5.68. The van der Waals surface area contributed by atoms with Gasteiger partial charge in [-0.3, -0.25) is 4.79 Å². The molecule has 2 rings (SSSR count). The molecule has 4 nitrogen and oxygen atoms in total. The van der Waals surface area contributed by atoms with E-state index in [0.29, 0.717) is 16.0 Å². The first-order valence-electron chi connectivity index (χ1n) is 3.51. The lowest BCUT2D eigenvalue weighted by Gasteiger charge is -1.90. The van der Waals surface area contributed by atoms with Crippen molar-refractivity contribution < 1.29 is 0 Å². The summed E-state index contributed by atoms with van der Waals surface area (Å²) in [7, 11) is 0. The number of nitrogens with one attached hydrogen (secondary N) is 1. The maximum atomic E-state index is 11.4. The maximum Gasteiger partial charge on any atom is 0.261 e. The van der Waals surface area contributed by atoms with Gasteiger partial charge in [0, 0.05) is 0 Å². The van der Waals surface area contributed by atoms with E-state index in [0.717, 1.165) is 5.69 Å². The number of aromatic amines is 1. The van der Waals surface area contributed by atoms with E-state index in [1.165, 1.54) is 11.5 Å². The minimum Gasteiger partial charge on any atom is -0.310 e. The fourth-order valence-electron chi connectivity index (χ4n) is 1.10. The summed E-state index contributed by atoms with van der Waals surface area (Å²) in [5.74, 6) is 0.635. The maximum absolute atomic E-state index is 11.4. The number of nitrogens with zero attached hydrogens (tertiary/aromatic N) is 2. The lowest BCUT2D eigenvalue weighted by molar-refractivity contribution is 1.06. The molecule has 0 aliphatic heterocycles. The summed E-state index contributed by atoms with van der Waals surface area (Å²) < 4.78 is 4.06. The summed E-state index contributed by atoms with van der Waals surface area (Å²) in [6.07, 6.45) is 0. The van der Waals surface area contributed by atoms with Crippen molar-refractivity contribution in [3.63, 3.8) is 0 Å². The first kappa shape index (κ1) is 7.42. The molecule has 0 spiro atoms. The van der Waals surface area contributed by atoms with Crippen LogP contribution in [0.25, 0.3) is 10.2 Å². The molecular formula is C7H7N3OS. The number of aryl methyl sites for hydroxylation is 2. The zero-order chi connectivity index (χ0) is 8.72. The molecule has 1 N–H and O–H groups in total. The van der Waals surface area contributed by atoms with Crippen molar-refractivity contribution in [1.29, 1.82) is 0 Å². The van der Waals surface area contributed by atoms with Gasteiger partial charge in [-0.1, -0.05) is 0 Å². The Kier molecular flexibility index (Phi) is 1.47. The standard InChI is InChI=1S/C7H7N3OS/c1-3-5-6(11)8-4(2)9-7(5)12-10-3/h1-2H3,(H,8,9,11). The van der Waals surface area contributed by atoms with Crippen LogP contribution in [0.3, 0.4) is 0 Å². The van der Waals surface area contributed by atoms with Gasteiger partial charge in [0.15, 0.2) is 4.83 Å². The fraction of sp³-hybridized carbons (Fsp3) is 0.286. The fourth-order valence-corrected chi connectivity index (χ4v) is 1.93. The molecule has 0 fully saturated rings. The van der Waals surface area contributed by atoms with E-state index >= 15 is 0 Å². The van der Waals surface area contributed by atoms with Gasteiger partial charge < -0.3 is 4.98 Å². The van der Waals surface area contributed by atoms with Crippen LogP contribution in [0, 0.1) is 13.8 Å². The van der Waals surface area contributed by atoms with E-state index in [4.69, 9.17) is 0 Å². The Morgan fingerprint density at radius 2 is 2.17 bits per heavy atom. The molecule has 0 atom stereocenters. The molecule has 2 heterocycles. The molecule has 2 aromatic rings. The Morgan fingerprint density at radius 3 is 2.92 bits per heavy atom. The quantitative estimate of drug-likeness (QED) is 0.659. The molecule has 0 aliphatic rings. The molecule has 0 unspecified atom stereocenters. The van der Waals surface area contributed by atoms with E-state index in [9.17, 15) is 4.79 Å². The molecule has 0 radical (unpaired) electrons. The molecule has 0 bridgehead atoms. The highest BCUT2D eigenvalue weighted by Crippen LogP contribution is 2.14. The van der Waals surface area contributed by atoms with Crippen molar-refractivity contribution in [3.05, 3.63) is 21.9 Å². The zero-order valence-electron chi connectivity index (χ0n) is 6.71. The number of hydrogen-bond acceptors (Lipinski definition) is 4. The van der Waals surface area contributed by atoms with E-state index in [2.05, 4.69) is 14.3 Å². The van der Waals surface area contributed by atoms with Crippen LogP contribution >= 0.6 is 11.5 Å². The van der Waals surface area contributed by atoms with Crippen LogP contribution < -0.4 is 5.56 Å². The zero-order valence-corrected chi connectivity index (χ0v) is 7.53. The molecule has 0 aliphatic carbocycles. The highest BCUT2D eigenvalue weighted by Gasteiger charge is 2.07. The number of hydrogen-bond donors (Lipinski definition) is 1. The minimum atomic E-state index is -0.0937. The van der Waals surface area contributed by atoms with Gasteiger partial charge in [-0.2, -0.15) is 4.37 Å². The third kappa shape index (κ3) is 0.937. The lowest BCUT2D eigenvalue weighted by atomic mass is 10.3. The number of aromatic nitrogens is 3. The van der Waals surface area contributed by atoms with Crippen LogP contribution in [0.4, 0.5) is 0 Å². The number of fused-ring (bicyclic) bond motifs is 1. The highest BCUT2D eigenvalue weighted by atomic mass is 32.1. The summed E-state index contributed by atoms with van der Waals surface area (Å²) >= 11 is 1.26. The molecule has 0 aromatic carbocycles. The third-order valence-electron chi connectivity index (χ3n) is 1.64. The second-order valence-corrected chi connectivity index (χ2v) is 3.35. The molecule has 0 saturated heterocycles. The van der Waals surface area contributed by atoms with Gasteiger partial charge >= 0.3 is 0 Å². The van der Waals surface area contributed by atoms with Crippen LogP contribution in [0.2, 0.25) is 0 Å². The average Bonchev–Trinajstić information content (AvgIpc) is 2.31. The van der Waals surface area contributed by atoms with E-state index in [1.807, 2.05) is 6.92 Å². The van der Waals surface area contributed by atoms with Crippen molar-refractivity contribution in [2.75, 3.05) is 0 Å². The first-order valence-corrected chi connectivity index (χ1v) is 4.29. The second-order valence-electron chi connectivity index (χ2n) is 2.60. The van der Waals surface area contributed by atoms with Gasteiger partial charge in [-0.15, -0.1) is 0 Å². The van der Waals surface area contributed by atoms with Crippen LogP contribution in [0.15, 0.2) is 4.79 Å². The van der Waals surface area contributed by atoms with E-state index in [-0.39, 0.29) is 5.56 Å². The SMILES string of the molecule is Cc1nc2snc(C)c2c(=O)[nH]1. The van der Waals surface area contributed by atoms with Crippen molar-refractivity contribution in [2.24, 2.45) is 0 Å². The summed E-state index contributed by atoms with van der Waals surface area (Å²) in [5, 5.41) is 0.616. The Balaban J connectivity index is 3.03. The summed E-state index contributed by atoms with van der Waals surface area (Å²) in [6.45, 7) is 3.57. The predicted octanol–water partition coefficient (Wildman–Crippen LogP) is 0.996. The third-order valence-corrected chi connectivity index (χ3v) is 2.47. The van der Waals surface area contributed by atoms with Crippen LogP contribution in [-0.4, -0.2) is 14.3 Å². The van der Waals surface area contributed by atoms with Crippen molar-refractivity contribution in [3.8, 4) is 0 Å². The minimum absolute atomic E-state index is 0.0937. The lowest BCUT2D eigenvalue weighted by Crippen LogP contribution is -2.08. The Morgan fingerprint density at radius 1 is 1.42 bits per heavy atom. The molecule has 62 valence electrons. The van der Waals surface area contributed by atoms with Crippen molar-refractivity contribution in [1.82, 2.24) is 14.3 Å². The molecule has 0 saturated carbocycles. The normalized spacial score (nSPS) is 10.8. The number of H-pyrrole nitrogens is 1. The van der Waals surface area contributed by atoms with Gasteiger partial charge in [0.05, 0.1) is 11.1 Å². The second kappa shape index (κ2) is 2.38. The van der Waals surface area contributed by atoms with Crippen molar-refractivity contribution >= 4 is 21.7 Å². The van der Waals surface area contributed by atoms with Gasteiger partial charge in [-0.05, 0) is 25.4 Å². The summed E-state index contributed by atoms with van der Waals surface area (Å²) in [5.41, 5.74) is 0.660. The molecule has 0 amide bonds. The van der Waals surface area contributed by atoms with Crippen molar-refractivity contribution in [2.45, 2.75) is 13.8 Å². The predicted molar refractivity (Wildman–Crippen MR) is 47.5 cm³/mol. The molecule has 2 aromatic heterocycles. The smallest absolute Gasteiger partial charge is 0.261 e. The molecular weight excluding hydrogens is 174 g/mol. The van der Waals surface area contributed by atoms with Crippen LogP contribution in [0.5, 0.6) is 0 Å². The Labute approximate surface area is 72.4 Å². The monoisotopic (exact) mass is 181 g/mol.